The molecule has 21 heavy (non-hydrogen) atoms. The highest BCUT2D eigenvalue weighted by Crippen LogP contribution is 2.39. The van der Waals surface area contributed by atoms with Crippen molar-refractivity contribution in [3.63, 3.8) is 0 Å². The van der Waals surface area contributed by atoms with Crippen LogP contribution in [0.4, 0.5) is 0 Å². The van der Waals surface area contributed by atoms with E-state index in [1.54, 1.807) is 0 Å². The van der Waals surface area contributed by atoms with E-state index in [0.717, 1.165) is 44.9 Å². The average Bonchev–Trinajstić information content (AvgIpc) is 2.48. The first-order chi connectivity index (χ1) is 9.92. The van der Waals surface area contributed by atoms with E-state index in [0.29, 0.717) is 18.8 Å². The summed E-state index contributed by atoms with van der Waals surface area (Å²) < 4.78 is 0. The second kappa shape index (κ2) is 6.37. The molecule has 0 aromatic carbocycles. The Morgan fingerprint density at radius 1 is 1.10 bits per heavy atom. The third-order valence-corrected chi connectivity index (χ3v) is 5.80. The highest BCUT2D eigenvalue weighted by molar-refractivity contribution is 5.90. The van der Waals surface area contributed by atoms with Crippen LogP contribution in [-0.4, -0.2) is 22.5 Å². The maximum Gasteiger partial charge on any atom is 0.329 e. The molecule has 120 valence electrons. The maximum absolute atomic E-state index is 12.7. The number of carbonyl (C=O) groups excluding carboxylic acids is 1. The van der Waals surface area contributed by atoms with Crippen molar-refractivity contribution in [2.75, 3.05) is 0 Å². The Labute approximate surface area is 127 Å². The zero-order valence-electron chi connectivity index (χ0n) is 13.4. The Morgan fingerprint density at radius 2 is 1.67 bits per heavy atom. The van der Waals surface area contributed by atoms with Gasteiger partial charge in [-0.25, -0.2) is 4.79 Å². The molecule has 0 bridgehead atoms. The lowest BCUT2D eigenvalue weighted by Gasteiger charge is -2.41. The summed E-state index contributed by atoms with van der Waals surface area (Å²) in [5.41, 5.74) is -1.40. The van der Waals surface area contributed by atoms with Gasteiger partial charge in [-0.2, -0.15) is 0 Å². The van der Waals surface area contributed by atoms with Crippen molar-refractivity contribution in [1.29, 1.82) is 0 Å². The Hall–Kier alpha value is -1.06. The van der Waals surface area contributed by atoms with Crippen molar-refractivity contribution in [3.05, 3.63) is 0 Å². The summed E-state index contributed by atoms with van der Waals surface area (Å²) in [6.45, 7) is 4.15. The van der Waals surface area contributed by atoms with Crippen LogP contribution in [0, 0.1) is 11.3 Å². The summed E-state index contributed by atoms with van der Waals surface area (Å²) in [7, 11) is 0. The minimum atomic E-state index is -1.02. The van der Waals surface area contributed by atoms with E-state index in [1.165, 1.54) is 6.42 Å². The monoisotopic (exact) mass is 295 g/mol. The molecule has 0 unspecified atom stereocenters. The van der Waals surface area contributed by atoms with Gasteiger partial charge in [0.05, 0.1) is 0 Å². The Bertz CT molecular complexity index is 391. The van der Waals surface area contributed by atoms with E-state index in [4.69, 9.17) is 0 Å². The van der Waals surface area contributed by atoms with Crippen LogP contribution in [0.3, 0.4) is 0 Å². The quantitative estimate of drug-likeness (QED) is 0.834. The van der Waals surface area contributed by atoms with E-state index in [2.05, 4.69) is 12.2 Å². The number of aliphatic carboxylic acids is 1. The first-order valence-electron chi connectivity index (χ1n) is 8.48. The number of nitrogens with one attached hydrogen (secondary N) is 1. The van der Waals surface area contributed by atoms with Crippen molar-refractivity contribution in [2.24, 2.45) is 11.3 Å². The minimum Gasteiger partial charge on any atom is -0.480 e. The van der Waals surface area contributed by atoms with E-state index in [1.807, 2.05) is 6.92 Å². The average molecular weight is 295 g/mol. The SMILES string of the molecule is CCC1CCC(NC(=O)C2(C)CCCCC2)(C(=O)O)CC1. The first-order valence-corrected chi connectivity index (χ1v) is 8.48. The number of carboxylic acids is 1. The highest BCUT2D eigenvalue weighted by Gasteiger charge is 2.46. The third-order valence-electron chi connectivity index (χ3n) is 5.80. The van der Waals surface area contributed by atoms with Crippen LogP contribution in [0.15, 0.2) is 0 Å². The van der Waals surface area contributed by atoms with Gasteiger partial charge in [-0.15, -0.1) is 0 Å². The summed E-state index contributed by atoms with van der Waals surface area (Å²) in [5.74, 6) is -0.288. The molecule has 0 heterocycles. The van der Waals surface area contributed by atoms with Crippen LogP contribution in [0.1, 0.15) is 78.1 Å². The summed E-state index contributed by atoms with van der Waals surface area (Å²) in [4.78, 5) is 24.5. The van der Waals surface area contributed by atoms with Crippen LogP contribution >= 0.6 is 0 Å². The van der Waals surface area contributed by atoms with Gasteiger partial charge in [0.2, 0.25) is 5.91 Å². The summed E-state index contributed by atoms with van der Waals surface area (Å²) >= 11 is 0. The zero-order valence-corrected chi connectivity index (χ0v) is 13.4. The molecule has 2 N–H and O–H groups in total. The van der Waals surface area contributed by atoms with E-state index < -0.39 is 11.5 Å². The molecule has 2 aliphatic rings. The Balaban J connectivity index is 2.06. The van der Waals surface area contributed by atoms with Gasteiger partial charge >= 0.3 is 5.97 Å². The second-order valence-electron chi connectivity index (χ2n) is 7.31. The van der Waals surface area contributed by atoms with Gasteiger partial charge in [-0.1, -0.05) is 39.5 Å². The number of amides is 1. The molecule has 0 atom stereocenters. The first kappa shape index (κ1) is 16.3. The van der Waals surface area contributed by atoms with Crippen molar-refractivity contribution < 1.29 is 14.7 Å². The van der Waals surface area contributed by atoms with Crippen LogP contribution in [0.5, 0.6) is 0 Å². The van der Waals surface area contributed by atoms with Crippen LogP contribution in [0.2, 0.25) is 0 Å². The minimum absolute atomic E-state index is 0.0421. The lowest BCUT2D eigenvalue weighted by atomic mass is 9.72. The van der Waals surface area contributed by atoms with Crippen molar-refractivity contribution in [2.45, 2.75) is 83.6 Å². The zero-order chi connectivity index (χ0) is 15.5. The number of hydrogen-bond donors (Lipinski definition) is 2. The lowest BCUT2D eigenvalue weighted by molar-refractivity contribution is -0.152. The van der Waals surface area contributed by atoms with Crippen LogP contribution in [-0.2, 0) is 9.59 Å². The largest absolute Gasteiger partial charge is 0.480 e. The molecule has 0 aromatic heterocycles. The third kappa shape index (κ3) is 3.41. The smallest absolute Gasteiger partial charge is 0.329 e. The lowest BCUT2D eigenvalue weighted by Crippen LogP contribution is -2.59. The number of carboxylic acid groups (broad SMARTS) is 1. The number of carbonyl (C=O) groups is 2. The molecule has 2 rings (SSSR count). The molecule has 0 radical (unpaired) electrons. The summed E-state index contributed by atoms with van der Waals surface area (Å²) in [6.07, 6.45) is 9.14. The fraction of sp³-hybridized carbons (Fsp3) is 0.882. The van der Waals surface area contributed by atoms with Gasteiger partial charge in [-0.3, -0.25) is 4.79 Å². The standard InChI is InChI=1S/C17H29NO3/c1-3-13-7-11-17(12-8-13,15(20)21)18-14(19)16(2)9-5-4-6-10-16/h13H,3-12H2,1-2H3,(H,18,19)(H,20,21). The van der Waals surface area contributed by atoms with E-state index >= 15 is 0 Å². The normalized spacial score (nSPS) is 32.4. The van der Waals surface area contributed by atoms with Crippen LogP contribution < -0.4 is 5.32 Å². The maximum atomic E-state index is 12.7. The van der Waals surface area contributed by atoms with Gasteiger partial charge in [0.25, 0.3) is 0 Å². The molecule has 4 nitrogen and oxygen atoms in total. The van der Waals surface area contributed by atoms with Gasteiger partial charge in [0.15, 0.2) is 0 Å². The van der Waals surface area contributed by atoms with Crippen molar-refractivity contribution >= 4 is 11.9 Å². The van der Waals surface area contributed by atoms with Crippen molar-refractivity contribution in [1.82, 2.24) is 5.32 Å². The molecule has 0 aliphatic heterocycles. The van der Waals surface area contributed by atoms with Gasteiger partial charge in [0.1, 0.15) is 5.54 Å². The molecule has 2 fully saturated rings. The topological polar surface area (TPSA) is 66.4 Å². The fourth-order valence-electron chi connectivity index (χ4n) is 3.90. The highest BCUT2D eigenvalue weighted by atomic mass is 16.4. The molecule has 0 spiro atoms. The Kier molecular flexibility index (Phi) is 4.95. The molecule has 2 saturated carbocycles. The molecule has 0 aromatic rings. The summed E-state index contributed by atoms with van der Waals surface area (Å²) in [5, 5.41) is 12.6. The fourth-order valence-corrected chi connectivity index (χ4v) is 3.90. The summed E-state index contributed by atoms with van der Waals surface area (Å²) in [6, 6.07) is 0. The predicted molar refractivity (Wildman–Crippen MR) is 82.0 cm³/mol. The van der Waals surface area contributed by atoms with Gasteiger partial charge < -0.3 is 10.4 Å². The van der Waals surface area contributed by atoms with Gasteiger partial charge in [-0.05, 0) is 44.4 Å². The molecule has 1 amide bonds. The van der Waals surface area contributed by atoms with Crippen molar-refractivity contribution in [3.8, 4) is 0 Å². The molecule has 2 aliphatic carbocycles. The Morgan fingerprint density at radius 3 is 2.14 bits per heavy atom. The van der Waals surface area contributed by atoms with E-state index in [9.17, 15) is 14.7 Å². The number of rotatable bonds is 4. The molecular weight excluding hydrogens is 266 g/mol. The van der Waals surface area contributed by atoms with Gasteiger partial charge in [0, 0.05) is 5.41 Å². The molecule has 0 saturated heterocycles. The van der Waals surface area contributed by atoms with Crippen LogP contribution in [0.25, 0.3) is 0 Å². The number of hydrogen-bond acceptors (Lipinski definition) is 2. The predicted octanol–water partition coefficient (Wildman–Crippen LogP) is 3.50. The van der Waals surface area contributed by atoms with E-state index in [-0.39, 0.29) is 11.3 Å². The second-order valence-corrected chi connectivity index (χ2v) is 7.31. The molecule has 4 heteroatoms. The molecular formula is C17H29NO3.